The molecule has 0 bridgehead atoms. The lowest BCUT2D eigenvalue weighted by molar-refractivity contribution is -0.135. The Balaban J connectivity index is 1.77. The minimum atomic E-state index is 0.122. The van der Waals surface area contributed by atoms with Crippen molar-refractivity contribution in [3.63, 3.8) is 0 Å². The van der Waals surface area contributed by atoms with E-state index in [0.29, 0.717) is 11.8 Å². The first-order valence-corrected chi connectivity index (χ1v) is 7.71. The Labute approximate surface area is 116 Å². The van der Waals surface area contributed by atoms with Crippen LogP contribution in [0, 0.1) is 5.92 Å². The van der Waals surface area contributed by atoms with E-state index in [-0.39, 0.29) is 6.04 Å². The standard InChI is InChI=1S/C15H16N2OS/c18-15(11-5-6-11)17-9-8-16-7-1-3-12(16)14(17)13-4-2-10-19-13/h1-4,7,10-11,14H,5-6,8-9H2/t14-/m1/s1. The predicted molar refractivity (Wildman–Crippen MR) is 75.0 cm³/mol. The molecule has 1 atom stereocenters. The van der Waals surface area contributed by atoms with E-state index >= 15 is 0 Å². The van der Waals surface area contributed by atoms with Gasteiger partial charge >= 0.3 is 0 Å². The fourth-order valence-corrected chi connectivity index (χ4v) is 3.78. The number of rotatable bonds is 2. The van der Waals surface area contributed by atoms with E-state index in [9.17, 15) is 4.79 Å². The second-order valence-corrected chi connectivity index (χ2v) is 6.33. The fraction of sp³-hybridized carbons (Fsp3) is 0.400. The van der Waals surface area contributed by atoms with Crippen molar-refractivity contribution < 1.29 is 4.79 Å². The predicted octanol–water partition coefficient (Wildman–Crippen LogP) is 2.89. The van der Waals surface area contributed by atoms with Crippen LogP contribution in [-0.2, 0) is 11.3 Å². The van der Waals surface area contributed by atoms with Crippen LogP contribution in [-0.4, -0.2) is 21.9 Å². The number of aromatic nitrogens is 1. The highest BCUT2D eigenvalue weighted by Crippen LogP contribution is 2.39. The van der Waals surface area contributed by atoms with Crippen LogP contribution in [0.4, 0.5) is 0 Å². The molecular weight excluding hydrogens is 256 g/mol. The van der Waals surface area contributed by atoms with Crippen molar-refractivity contribution in [1.82, 2.24) is 9.47 Å². The lowest BCUT2D eigenvalue weighted by Gasteiger charge is -2.36. The molecule has 2 aromatic heterocycles. The summed E-state index contributed by atoms with van der Waals surface area (Å²) in [6.07, 6.45) is 4.27. The van der Waals surface area contributed by atoms with Crippen molar-refractivity contribution in [1.29, 1.82) is 0 Å². The molecule has 1 amide bonds. The molecule has 1 aliphatic heterocycles. The van der Waals surface area contributed by atoms with Gasteiger partial charge in [-0.15, -0.1) is 11.3 Å². The van der Waals surface area contributed by atoms with Crippen molar-refractivity contribution in [2.24, 2.45) is 5.92 Å². The number of carbonyl (C=O) groups is 1. The first kappa shape index (κ1) is 11.3. The Morgan fingerprint density at radius 1 is 1.21 bits per heavy atom. The lowest BCUT2D eigenvalue weighted by atomic mass is 10.1. The quantitative estimate of drug-likeness (QED) is 0.825. The molecule has 0 saturated heterocycles. The summed E-state index contributed by atoms with van der Waals surface area (Å²) in [7, 11) is 0. The Kier molecular flexibility index (Phi) is 2.52. The highest BCUT2D eigenvalue weighted by molar-refractivity contribution is 7.10. The van der Waals surface area contributed by atoms with E-state index in [4.69, 9.17) is 0 Å². The summed E-state index contributed by atoms with van der Waals surface area (Å²) in [4.78, 5) is 15.9. The third-order valence-electron chi connectivity index (χ3n) is 4.06. The van der Waals surface area contributed by atoms with E-state index in [1.54, 1.807) is 11.3 Å². The molecule has 2 aliphatic rings. The normalized spacial score (nSPS) is 22.3. The molecule has 3 nitrogen and oxygen atoms in total. The van der Waals surface area contributed by atoms with E-state index < -0.39 is 0 Å². The highest BCUT2D eigenvalue weighted by Gasteiger charge is 2.39. The maximum Gasteiger partial charge on any atom is 0.226 e. The molecule has 3 heterocycles. The Morgan fingerprint density at radius 3 is 2.84 bits per heavy atom. The molecule has 0 spiro atoms. The molecule has 4 rings (SSSR count). The van der Waals surface area contributed by atoms with Gasteiger partial charge in [0.1, 0.15) is 6.04 Å². The van der Waals surface area contributed by atoms with Crippen molar-refractivity contribution in [3.05, 3.63) is 46.4 Å². The van der Waals surface area contributed by atoms with Gasteiger partial charge in [-0.3, -0.25) is 4.79 Å². The monoisotopic (exact) mass is 272 g/mol. The van der Waals surface area contributed by atoms with Gasteiger partial charge in [-0.05, 0) is 36.4 Å². The molecule has 0 unspecified atom stereocenters. The van der Waals surface area contributed by atoms with Gasteiger partial charge in [0.15, 0.2) is 0 Å². The van der Waals surface area contributed by atoms with Gasteiger partial charge in [0, 0.05) is 35.8 Å². The van der Waals surface area contributed by atoms with Gasteiger partial charge in [0.05, 0.1) is 0 Å². The number of hydrogen-bond acceptors (Lipinski definition) is 2. The van der Waals surface area contributed by atoms with Gasteiger partial charge in [-0.25, -0.2) is 0 Å². The minimum absolute atomic E-state index is 0.122. The highest BCUT2D eigenvalue weighted by atomic mass is 32.1. The first-order chi connectivity index (χ1) is 9.34. The fourth-order valence-electron chi connectivity index (χ4n) is 2.93. The van der Waals surface area contributed by atoms with Gasteiger partial charge < -0.3 is 9.47 Å². The van der Waals surface area contributed by atoms with Crippen molar-refractivity contribution in [2.45, 2.75) is 25.4 Å². The number of fused-ring (bicyclic) bond motifs is 1. The van der Waals surface area contributed by atoms with Gasteiger partial charge in [0.25, 0.3) is 0 Å². The number of carbonyl (C=O) groups excluding carboxylic acids is 1. The van der Waals surface area contributed by atoms with Crippen molar-refractivity contribution in [2.75, 3.05) is 6.54 Å². The molecule has 2 aromatic rings. The summed E-state index contributed by atoms with van der Waals surface area (Å²) in [5.74, 6) is 0.648. The van der Waals surface area contributed by atoms with Crippen LogP contribution in [0.1, 0.15) is 29.5 Å². The maximum absolute atomic E-state index is 12.5. The molecule has 0 N–H and O–H groups in total. The third kappa shape index (κ3) is 1.82. The molecule has 4 heteroatoms. The average molecular weight is 272 g/mol. The zero-order valence-electron chi connectivity index (χ0n) is 10.7. The smallest absolute Gasteiger partial charge is 0.226 e. The largest absolute Gasteiger partial charge is 0.347 e. The number of nitrogens with zero attached hydrogens (tertiary/aromatic N) is 2. The van der Waals surface area contributed by atoms with Crippen LogP contribution in [0.2, 0.25) is 0 Å². The van der Waals surface area contributed by atoms with E-state index in [0.717, 1.165) is 25.9 Å². The number of amides is 1. The number of hydrogen-bond donors (Lipinski definition) is 0. The van der Waals surface area contributed by atoms with Crippen molar-refractivity contribution in [3.8, 4) is 0 Å². The van der Waals surface area contributed by atoms with Gasteiger partial charge in [-0.1, -0.05) is 6.07 Å². The van der Waals surface area contributed by atoms with Crippen LogP contribution >= 0.6 is 11.3 Å². The SMILES string of the molecule is O=C(C1CC1)N1CCn2cccc2[C@@H]1c1cccs1. The van der Waals surface area contributed by atoms with Crippen molar-refractivity contribution >= 4 is 17.2 Å². The van der Waals surface area contributed by atoms with E-state index in [2.05, 4.69) is 45.3 Å². The van der Waals surface area contributed by atoms with Crippen LogP contribution < -0.4 is 0 Å². The Bertz CT molecular complexity index is 597. The minimum Gasteiger partial charge on any atom is -0.347 e. The van der Waals surface area contributed by atoms with Gasteiger partial charge in [-0.2, -0.15) is 0 Å². The Hall–Kier alpha value is -1.55. The van der Waals surface area contributed by atoms with Crippen LogP contribution in [0.3, 0.4) is 0 Å². The lowest BCUT2D eigenvalue weighted by Crippen LogP contribution is -2.42. The molecule has 19 heavy (non-hydrogen) atoms. The Morgan fingerprint density at radius 2 is 2.11 bits per heavy atom. The summed E-state index contributed by atoms with van der Waals surface area (Å²) in [5.41, 5.74) is 1.25. The zero-order chi connectivity index (χ0) is 12.8. The molecule has 1 fully saturated rings. The second kappa shape index (κ2) is 4.23. The maximum atomic E-state index is 12.5. The third-order valence-corrected chi connectivity index (χ3v) is 4.99. The molecule has 98 valence electrons. The van der Waals surface area contributed by atoms with Gasteiger partial charge in [0.2, 0.25) is 5.91 Å². The molecule has 1 saturated carbocycles. The summed E-state index contributed by atoms with van der Waals surface area (Å²) >= 11 is 1.74. The summed E-state index contributed by atoms with van der Waals surface area (Å²) in [5, 5.41) is 2.09. The summed E-state index contributed by atoms with van der Waals surface area (Å²) < 4.78 is 2.28. The summed E-state index contributed by atoms with van der Waals surface area (Å²) in [6.45, 7) is 1.75. The second-order valence-electron chi connectivity index (χ2n) is 5.35. The van der Waals surface area contributed by atoms with Crippen LogP contribution in [0.15, 0.2) is 35.8 Å². The zero-order valence-corrected chi connectivity index (χ0v) is 11.5. The average Bonchev–Trinajstić information content (AvgIpc) is 2.94. The molecule has 1 aliphatic carbocycles. The molecule has 0 radical (unpaired) electrons. The van der Waals surface area contributed by atoms with Crippen LogP contribution in [0.5, 0.6) is 0 Å². The topological polar surface area (TPSA) is 25.2 Å². The first-order valence-electron chi connectivity index (χ1n) is 6.83. The van der Waals surface area contributed by atoms with E-state index in [1.165, 1.54) is 10.6 Å². The summed E-state index contributed by atoms with van der Waals surface area (Å²) in [6, 6.07) is 8.57. The number of thiophene rings is 1. The molecule has 0 aromatic carbocycles. The van der Waals surface area contributed by atoms with Crippen LogP contribution in [0.25, 0.3) is 0 Å². The van der Waals surface area contributed by atoms with E-state index in [1.807, 2.05) is 0 Å². The molecular formula is C15H16N2OS.